The minimum absolute atomic E-state index is 0.254. The summed E-state index contributed by atoms with van der Waals surface area (Å²) < 4.78 is 5.51. The van der Waals surface area contributed by atoms with E-state index < -0.39 is 0 Å². The number of nitrogens with zero attached hydrogens (tertiary/aromatic N) is 3. The maximum Gasteiger partial charge on any atom is 0.210 e. The molecule has 0 aliphatic carbocycles. The van der Waals surface area contributed by atoms with E-state index in [1.165, 1.54) is 16.7 Å². The van der Waals surface area contributed by atoms with Crippen molar-refractivity contribution in [3.8, 4) is 11.1 Å². The summed E-state index contributed by atoms with van der Waals surface area (Å²) in [6, 6.07) is 15.1. The molecule has 172 valence electrons. The number of aryl methyl sites for hydroxylation is 1. The molecule has 3 heterocycles. The first-order chi connectivity index (χ1) is 16.1. The van der Waals surface area contributed by atoms with Crippen LogP contribution in [-0.4, -0.2) is 49.1 Å². The van der Waals surface area contributed by atoms with Gasteiger partial charge in [-0.3, -0.25) is 4.79 Å². The second kappa shape index (κ2) is 8.67. The molecule has 5 rings (SSSR count). The Hall–Kier alpha value is -3.12. The summed E-state index contributed by atoms with van der Waals surface area (Å²) in [5, 5.41) is 1.07. The van der Waals surface area contributed by atoms with Crippen molar-refractivity contribution >= 4 is 28.8 Å². The van der Waals surface area contributed by atoms with E-state index in [1.807, 2.05) is 4.90 Å². The van der Waals surface area contributed by atoms with Crippen LogP contribution in [0, 0.1) is 6.92 Å². The van der Waals surface area contributed by atoms with E-state index in [1.54, 1.807) is 0 Å². The third-order valence-electron chi connectivity index (χ3n) is 7.49. The van der Waals surface area contributed by atoms with Gasteiger partial charge < -0.3 is 20.3 Å². The SMILES string of the molecule is CCC1(c2cccc(C)c2-c2ccc3nc(N)c(N4CCOCC4)cc3c2)CCCN1C=O. The highest BCUT2D eigenvalue weighted by Crippen LogP contribution is 2.46. The van der Waals surface area contributed by atoms with E-state index in [-0.39, 0.29) is 5.54 Å². The highest BCUT2D eigenvalue weighted by molar-refractivity contribution is 5.91. The Bertz CT molecular complexity index is 1190. The standard InChI is InChI=1S/C27H32N4O2/c1-3-27(10-5-11-31(27)18-32)22-7-4-6-19(2)25(22)20-8-9-23-21(16-20)17-24(26(28)29-23)30-12-14-33-15-13-30/h4,6-9,16-18H,3,5,10-15H2,1-2H3,(H2,28,29). The average molecular weight is 445 g/mol. The van der Waals surface area contributed by atoms with Crippen LogP contribution in [0.1, 0.15) is 37.3 Å². The smallest absolute Gasteiger partial charge is 0.210 e. The van der Waals surface area contributed by atoms with Crippen LogP contribution in [0.3, 0.4) is 0 Å². The van der Waals surface area contributed by atoms with E-state index in [9.17, 15) is 4.79 Å². The number of nitrogens with two attached hydrogens (primary N) is 1. The quantitative estimate of drug-likeness (QED) is 0.587. The molecule has 2 saturated heterocycles. The van der Waals surface area contributed by atoms with E-state index in [2.05, 4.69) is 61.2 Å². The fourth-order valence-corrected chi connectivity index (χ4v) is 5.74. The second-order valence-corrected chi connectivity index (χ2v) is 9.18. The fourth-order valence-electron chi connectivity index (χ4n) is 5.74. The first-order valence-electron chi connectivity index (χ1n) is 11.9. The van der Waals surface area contributed by atoms with Gasteiger partial charge in [-0.2, -0.15) is 0 Å². The Kier molecular flexibility index (Phi) is 5.71. The van der Waals surface area contributed by atoms with Gasteiger partial charge in [0.05, 0.1) is 30.0 Å². The number of nitrogen functional groups attached to an aromatic ring is 1. The molecular formula is C27H32N4O2. The molecule has 6 nitrogen and oxygen atoms in total. The lowest BCUT2D eigenvalue weighted by molar-refractivity contribution is -0.122. The highest BCUT2D eigenvalue weighted by atomic mass is 16.5. The van der Waals surface area contributed by atoms with Crippen molar-refractivity contribution in [2.45, 2.75) is 38.6 Å². The number of benzene rings is 2. The monoisotopic (exact) mass is 444 g/mol. The maximum atomic E-state index is 12.0. The largest absolute Gasteiger partial charge is 0.382 e. The predicted octanol–water partition coefficient (Wildman–Crippen LogP) is 4.49. The number of pyridine rings is 1. The molecule has 2 fully saturated rings. The zero-order chi connectivity index (χ0) is 23.0. The molecule has 2 aliphatic rings. The summed E-state index contributed by atoms with van der Waals surface area (Å²) >= 11 is 0. The molecule has 0 radical (unpaired) electrons. The lowest BCUT2D eigenvalue weighted by atomic mass is 9.79. The number of anilines is 2. The molecule has 1 atom stereocenters. The molecule has 2 aliphatic heterocycles. The summed E-state index contributed by atoms with van der Waals surface area (Å²) in [5.74, 6) is 0.561. The van der Waals surface area contributed by atoms with Crippen LogP contribution in [0.15, 0.2) is 42.5 Å². The molecule has 2 N–H and O–H groups in total. The zero-order valence-corrected chi connectivity index (χ0v) is 19.5. The predicted molar refractivity (Wildman–Crippen MR) is 133 cm³/mol. The Morgan fingerprint density at radius 2 is 1.97 bits per heavy atom. The normalized spacial score (nSPS) is 21.0. The van der Waals surface area contributed by atoms with Gasteiger partial charge in [-0.15, -0.1) is 0 Å². The minimum Gasteiger partial charge on any atom is -0.382 e. The third-order valence-corrected chi connectivity index (χ3v) is 7.49. The number of morpholine rings is 1. The van der Waals surface area contributed by atoms with E-state index in [0.717, 1.165) is 67.5 Å². The van der Waals surface area contributed by atoms with Crippen molar-refractivity contribution in [1.29, 1.82) is 0 Å². The molecule has 33 heavy (non-hydrogen) atoms. The van der Waals surface area contributed by atoms with Gasteiger partial charge in [0.25, 0.3) is 0 Å². The molecular weight excluding hydrogens is 412 g/mol. The van der Waals surface area contributed by atoms with Gasteiger partial charge in [-0.1, -0.05) is 31.2 Å². The number of carbonyl (C=O) groups excluding carboxylic acids is 1. The number of likely N-dealkylation sites (tertiary alicyclic amines) is 1. The molecule has 0 spiro atoms. The number of ether oxygens (including phenoxy) is 1. The molecule has 1 aromatic heterocycles. The molecule has 2 aromatic carbocycles. The summed E-state index contributed by atoms with van der Waals surface area (Å²) in [6.45, 7) is 8.21. The van der Waals surface area contributed by atoms with Gasteiger partial charge in [0, 0.05) is 25.0 Å². The topological polar surface area (TPSA) is 71.7 Å². The van der Waals surface area contributed by atoms with Gasteiger partial charge in [0.2, 0.25) is 6.41 Å². The van der Waals surface area contributed by atoms with Crippen LogP contribution < -0.4 is 10.6 Å². The van der Waals surface area contributed by atoms with E-state index in [4.69, 9.17) is 15.5 Å². The van der Waals surface area contributed by atoms with Gasteiger partial charge in [0.1, 0.15) is 5.82 Å². The molecule has 0 bridgehead atoms. The first-order valence-corrected chi connectivity index (χ1v) is 11.9. The third kappa shape index (κ3) is 3.62. The molecule has 0 saturated carbocycles. The summed E-state index contributed by atoms with van der Waals surface area (Å²) in [7, 11) is 0. The number of amides is 1. The number of carbonyl (C=O) groups is 1. The first kappa shape index (κ1) is 21.7. The summed E-state index contributed by atoms with van der Waals surface area (Å²) in [4.78, 5) is 20.9. The Morgan fingerprint density at radius 3 is 2.73 bits per heavy atom. The van der Waals surface area contributed by atoms with Crippen LogP contribution in [-0.2, 0) is 15.1 Å². The average Bonchev–Trinajstić information content (AvgIpc) is 3.28. The Morgan fingerprint density at radius 1 is 1.15 bits per heavy atom. The van der Waals surface area contributed by atoms with Gasteiger partial charge >= 0.3 is 0 Å². The number of aromatic nitrogens is 1. The van der Waals surface area contributed by atoms with Crippen molar-refractivity contribution in [2.24, 2.45) is 0 Å². The van der Waals surface area contributed by atoms with E-state index >= 15 is 0 Å². The van der Waals surface area contributed by atoms with Crippen LogP contribution in [0.5, 0.6) is 0 Å². The molecule has 3 aromatic rings. The van der Waals surface area contributed by atoms with Gasteiger partial charge in [-0.25, -0.2) is 4.98 Å². The van der Waals surface area contributed by atoms with Crippen molar-refractivity contribution < 1.29 is 9.53 Å². The Balaban J connectivity index is 1.65. The second-order valence-electron chi connectivity index (χ2n) is 9.18. The minimum atomic E-state index is -0.254. The summed E-state index contributed by atoms with van der Waals surface area (Å²) in [5.41, 5.74) is 12.8. The molecule has 1 unspecified atom stereocenters. The number of hydrogen-bond donors (Lipinski definition) is 1. The lowest BCUT2D eigenvalue weighted by Crippen LogP contribution is -2.40. The van der Waals surface area contributed by atoms with Crippen LogP contribution >= 0.6 is 0 Å². The van der Waals surface area contributed by atoms with Crippen LogP contribution in [0.2, 0.25) is 0 Å². The van der Waals surface area contributed by atoms with Gasteiger partial charge in [-0.05, 0) is 66.6 Å². The van der Waals surface area contributed by atoms with Crippen molar-refractivity contribution in [2.75, 3.05) is 43.5 Å². The van der Waals surface area contributed by atoms with Crippen LogP contribution in [0.4, 0.5) is 11.5 Å². The molecule has 6 heteroatoms. The fraction of sp³-hybridized carbons (Fsp3) is 0.407. The Labute approximate surface area is 195 Å². The number of hydrogen-bond acceptors (Lipinski definition) is 5. The van der Waals surface area contributed by atoms with Gasteiger partial charge in [0.15, 0.2) is 0 Å². The van der Waals surface area contributed by atoms with Crippen molar-refractivity contribution in [1.82, 2.24) is 9.88 Å². The van der Waals surface area contributed by atoms with Crippen molar-refractivity contribution in [3.05, 3.63) is 53.6 Å². The lowest BCUT2D eigenvalue weighted by Gasteiger charge is -2.38. The maximum absolute atomic E-state index is 12.0. The number of rotatable bonds is 5. The van der Waals surface area contributed by atoms with E-state index in [0.29, 0.717) is 19.0 Å². The summed E-state index contributed by atoms with van der Waals surface area (Å²) in [6.07, 6.45) is 3.95. The van der Waals surface area contributed by atoms with Crippen molar-refractivity contribution in [3.63, 3.8) is 0 Å². The highest BCUT2D eigenvalue weighted by Gasteiger charge is 2.42. The van der Waals surface area contributed by atoms with Crippen LogP contribution in [0.25, 0.3) is 22.0 Å². The number of fused-ring (bicyclic) bond motifs is 1. The zero-order valence-electron chi connectivity index (χ0n) is 19.5. The molecule has 1 amide bonds.